The number of hydrogen-bond acceptors (Lipinski definition) is 10. The molecule has 1 aromatic carbocycles. The molecule has 2 bridgehead atoms. The Hall–Kier alpha value is -5.81. The number of allylic oxidation sites excluding steroid dienone is 1. The van der Waals surface area contributed by atoms with Gasteiger partial charge in [0, 0.05) is 46.6 Å². The number of nitrogens with two attached hydrogens (primary N) is 2. The lowest BCUT2D eigenvalue weighted by atomic mass is 9.97. The molecule has 0 radical (unpaired) electrons. The number of nitrogens with one attached hydrogen (secondary N) is 1. The van der Waals surface area contributed by atoms with E-state index in [1.807, 2.05) is 0 Å². The van der Waals surface area contributed by atoms with Crippen molar-refractivity contribution < 1.29 is 27.1 Å². The number of carbonyl (C=O) groups excluding carboxylic acids is 1. The first-order valence-electron chi connectivity index (χ1n) is 15.8. The average molecular weight is 739 g/mol. The van der Waals surface area contributed by atoms with E-state index in [9.17, 15) is 27.2 Å². The van der Waals surface area contributed by atoms with E-state index < -0.39 is 35.2 Å². The molecule has 0 saturated carbocycles. The van der Waals surface area contributed by atoms with Crippen molar-refractivity contribution >= 4 is 28.9 Å². The summed E-state index contributed by atoms with van der Waals surface area (Å²) in [5.74, 6) is 4.71. The van der Waals surface area contributed by atoms with Crippen LogP contribution in [0.1, 0.15) is 37.9 Å². The van der Waals surface area contributed by atoms with Gasteiger partial charge in [0.1, 0.15) is 17.1 Å². The van der Waals surface area contributed by atoms with Crippen molar-refractivity contribution in [3.8, 4) is 34.1 Å². The van der Waals surface area contributed by atoms with Gasteiger partial charge in [-0.1, -0.05) is 24.9 Å². The van der Waals surface area contributed by atoms with Crippen LogP contribution in [0.15, 0.2) is 84.1 Å². The highest BCUT2D eigenvalue weighted by Crippen LogP contribution is 2.35. The van der Waals surface area contributed by atoms with E-state index >= 15 is 0 Å². The minimum atomic E-state index is -4.82. The Labute approximate surface area is 298 Å². The third-order valence-electron chi connectivity index (χ3n) is 8.49. The minimum absolute atomic E-state index is 0.0382. The SMILES string of the molecule is COc1cc(-n2cc3c(n2)-c2ccnc(c2)C(n2cnc(-c4cc(Cl)ccc4N(N)/C=C(\N)C(F)(F)F)cc2=O)CCCC(C)C(=O)N3)c(F)cn1. The number of fused-ring (bicyclic) bond motifs is 4. The van der Waals surface area contributed by atoms with Crippen LogP contribution in [0.2, 0.25) is 5.02 Å². The molecule has 5 heterocycles. The number of nitrogens with zero attached hydrogens (tertiary/aromatic N) is 7. The normalized spacial score (nSPS) is 16.7. The second-order valence-corrected chi connectivity index (χ2v) is 12.4. The number of halogens is 5. The van der Waals surface area contributed by atoms with Crippen LogP contribution in [0.4, 0.5) is 28.9 Å². The Bertz CT molecular complexity index is 2240. The van der Waals surface area contributed by atoms with Crippen LogP contribution in [0.3, 0.4) is 0 Å². The highest BCUT2D eigenvalue weighted by molar-refractivity contribution is 6.31. The molecule has 18 heteroatoms. The summed E-state index contributed by atoms with van der Waals surface area (Å²) >= 11 is 6.22. The predicted octanol–water partition coefficient (Wildman–Crippen LogP) is 5.74. The number of rotatable bonds is 6. The Morgan fingerprint density at radius 3 is 2.63 bits per heavy atom. The second kappa shape index (κ2) is 14.4. The fraction of sp³-hybridized carbons (Fsp3) is 0.235. The van der Waals surface area contributed by atoms with Gasteiger partial charge in [0.05, 0.1) is 54.6 Å². The molecule has 270 valence electrons. The summed E-state index contributed by atoms with van der Waals surface area (Å²) in [7, 11) is 1.40. The topological polar surface area (TPSA) is 172 Å². The van der Waals surface area contributed by atoms with Gasteiger partial charge in [0.2, 0.25) is 11.8 Å². The van der Waals surface area contributed by atoms with Gasteiger partial charge in [0.25, 0.3) is 5.56 Å². The summed E-state index contributed by atoms with van der Waals surface area (Å²) in [5.41, 5.74) is 5.23. The Morgan fingerprint density at radius 1 is 1.12 bits per heavy atom. The molecule has 1 aliphatic heterocycles. The van der Waals surface area contributed by atoms with Gasteiger partial charge < -0.3 is 15.8 Å². The molecule has 1 aliphatic rings. The van der Waals surface area contributed by atoms with E-state index in [1.165, 1.54) is 65.4 Å². The van der Waals surface area contributed by atoms with E-state index in [1.54, 1.807) is 19.1 Å². The van der Waals surface area contributed by atoms with Gasteiger partial charge in [-0.3, -0.25) is 24.1 Å². The van der Waals surface area contributed by atoms with Crippen LogP contribution in [0.25, 0.3) is 28.2 Å². The maximum Gasteiger partial charge on any atom is 0.432 e. The first-order chi connectivity index (χ1) is 24.7. The minimum Gasteiger partial charge on any atom is -0.481 e. The predicted molar refractivity (Wildman–Crippen MR) is 185 cm³/mol. The van der Waals surface area contributed by atoms with Crippen LogP contribution in [-0.4, -0.2) is 48.5 Å². The zero-order chi connectivity index (χ0) is 37.3. The van der Waals surface area contributed by atoms with Gasteiger partial charge in [-0.05, 0) is 43.2 Å². The molecule has 0 aliphatic carbocycles. The maximum atomic E-state index is 14.9. The lowest BCUT2D eigenvalue weighted by Gasteiger charge is -2.22. The molecule has 52 heavy (non-hydrogen) atoms. The average Bonchev–Trinajstić information content (AvgIpc) is 3.53. The second-order valence-electron chi connectivity index (χ2n) is 12.0. The summed E-state index contributed by atoms with van der Waals surface area (Å²) in [4.78, 5) is 40.1. The standard InChI is InChI=1S/C34H31ClF4N10O3/c1-18-4-3-5-27(47-17-44-23(12-31(47)50)21-11-20(35)6-7-26(21)48(41)16-29(40)34(37,38)39)24-10-19(8-9-42-24)32-25(45-33(18)51)15-49(46-32)28-13-30(52-2)43-14-22(28)36/h6-18,27H,3-5,40-41H2,1-2H3,(H,45,51)/b29-16-. The summed E-state index contributed by atoms with van der Waals surface area (Å²) < 4.78 is 62.1. The zero-order valence-electron chi connectivity index (χ0n) is 27.6. The molecule has 4 aromatic heterocycles. The maximum absolute atomic E-state index is 14.9. The van der Waals surface area contributed by atoms with E-state index in [2.05, 4.69) is 25.4 Å². The van der Waals surface area contributed by atoms with Crippen LogP contribution in [-0.2, 0) is 4.79 Å². The van der Waals surface area contributed by atoms with Crippen LogP contribution in [0.5, 0.6) is 5.88 Å². The number of hydrazine groups is 1. The molecule has 0 spiro atoms. The van der Waals surface area contributed by atoms with Crippen LogP contribution in [0, 0.1) is 11.7 Å². The fourth-order valence-electron chi connectivity index (χ4n) is 5.73. The molecule has 5 N–H and O–H groups in total. The van der Waals surface area contributed by atoms with Crippen molar-refractivity contribution in [3.05, 3.63) is 106 Å². The van der Waals surface area contributed by atoms with Crippen molar-refractivity contribution in [1.82, 2.24) is 29.3 Å². The van der Waals surface area contributed by atoms with Gasteiger partial charge in [0.15, 0.2) is 5.82 Å². The number of methoxy groups -OCH3 is 1. The van der Waals surface area contributed by atoms with Gasteiger partial charge >= 0.3 is 6.18 Å². The number of pyridine rings is 2. The largest absolute Gasteiger partial charge is 0.481 e. The highest BCUT2D eigenvalue weighted by Gasteiger charge is 2.32. The lowest BCUT2D eigenvalue weighted by molar-refractivity contribution is -0.119. The molecule has 13 nitrogen and oxygen atoms in total. The third kappa shape index (κ3) is 7.45. The van der Waals surface area contributed by atoms with Gasteiger partial charge in [-0.15, -0.1) is 0 Å². The monoisotopic (exact) mass is 738 g/mol. The molecule has 2 atom stereocenters. The van der Waals surface area contributed by atoms with Crippen molar-refractivity contribution in [2.45, 2.75) is 38.4 Å². The molecule has 0 fully saturated rings. The first kappa shape index (κ1) is 36.0. The van der Waals surface area contributed by atoms with Crippen molar-refractivity contribution in [1.29, 1.82) is 0 Å². The Morgan fingerprint density at radius 2 is 1.90 bits per heavy atom. The molecular formula is C34H31ClF4N10O3. The quantitative estimate of drug-likeness (QED) is 0.111. The highest BCUT2D eigenvalue weighted by atomic mass is 35.5. The van der Waals surface area contributed by atoms with E-state index in [4.69, 9.17) is 27.9 Å². The van der Waals surface area contributed by atoms with Gasteiger partial charge in [-0.25, -0.2) is 24.9 Å². The fourth-order valence-corrected chi connectivity index (χ4v) is 5.91. The number of amides is 1. The van der Waals surface area contributed by atoms with Crippen molar-refractivity contribution in [2.24, 2.45) is 17.5 Å². The van der Waals surface area contributed by atoms with E-state index in [0.717, 1.165) is 6.20 Å². The molecule has 5 aromatic rings. The zero-order valence-corrected chi connectivity index (χ0v) is 28.4. The van der Waals surface area contributed by atoms with E-state index in [-0.39, 0.29) is 39.4 Å². The summed E-state index contributed by atoms with van der Waals surface area (Å²) in [5, 5.41) is 8.43. The number of alkyl halides is 3. The Kier molecular flexibility index (Phi) is 9.99. The first-order valence-corrected chi connectivity index (χ1v) is 16.1. The number of benzene rings is 1. The van der Waals surface area contributed by atoms with Crippen molar-refractivity contribution in [3.63, 3.8) is 0 Å². The lowest BCUT2D eigenvalue weighted by Crippen LogP contribution is -2.30. The molecule has 0 saturated heterocycles. The van der Waals surface area contributed by atoms with E-state index in [0.29, 0.717) is 53.1 Å². The summed E-state index contributed by atoms with van der Waals surface area (Å²) in [6.45, 7) is 1.77. The molecule has 6 rings (SSSR count). The number of aromatic nitrogens is 6. The summed E-state index contributed by atoms with van der Waals surface area (Å²) in [6.07, 6.45) is 2.39. The van der Waals surface area contributed by atoms with Crippen LogP contribution >= 0.6 is 11.6 Å². The molecular weight excluding hydrogens is 708 g/mol. The third-order valence-corrected chi connectivity index (χ3v) is 8.72. The van der Waals surface area contributed by atoms with Gasteiger partial charge in [-0.2, -0.15) is 18.3 Å². The number of hydrogen-bond donors (Lipinski definition) is 3. The number of carbonyl (C=O) groups is 1. The number of ether oxygens (including phenoxy) is 1. The Balaban J connectivity index is 1.42. The summed E-state index contributed by atoms with van der Waals surface area (Å²) in [6, 6.07) is 9.53. The molecule has 2 unspecified atom stereocenters. The number of anilines is 2. The molecule has 1 amide bonds. The van der Waals surface area contributed by atoms with Crippen LogP contribution < -0.4 is 32.2 Å². The van der Waals surface area contributed by atoms with Crippen molar-refractivity contribution in [2.75, 3.05) is 17.4 Å². The smallest absolute Gasteiger partial charge is 0.432 e.